The molecule has 0 aromatic carbocycles. The van der Waals surface area contributed by atoms with Gasteiger partial charge < -0.3 is 0 Å². The highest BCUT2D eigenvalue weighted by Gasteiger charge is 2.04. The summed E-state index contributed by atoms with van der Waals surface area (Å²) in [6.45, 7) is 1.87. The zero-order valence-corrected chi connectivity index (χ0v) is 7.45. The molecule has 0 bridgehead atoms. The highest BCUT2D eigenvalue weighted by atomic mass is 16.1. The molecule has 1 aromatic heterocycles. The molecule has 0 aliphatic heterocycles. The van der Waals surface area contributed by atoms with E-state index in [9.17, 15) is 4.79 Å². The largest absolute Gasteiger partial charge is 0.299 e. The molecule has 12 heavy (non-hydrogen) atoms. The van der Waals surface area contributed by atoms with E-state index in [0.717, 1.165) is 5.69 Å². The Labute approximate surface area is 72.1 Å². The van der Waals surface area contributed by atoms with Crippen LogP contribution in [0.1, 0.15) is 19.0 Å². The lowest BCUT2D eigenvalue weighted by Crippen LogP contribution is -2.28. The van der Waals surface area contributed by atoms with Crippen LogP contribution in [0.15, 0.2) is 18.6 Å². The number of aromatic nitrogens is 2. The van der Waals surface area contributed by atoms with Crippen molar-refractivity contribution in [2.75, 3.05) is 0 Å². The zero-order chi connectivity index (χ0) is 8.97. The van der Waals surface area contributed by atoms with Gasteiger partial charge in [0.05, 0.1) is 12.6 Å². The maximum Gasteiger partial charge on any atom is 0.190 e. The van der Waals surface area contributed by atoms with Crippen LogP contribution in [0.5, 0.6) is 0 Å². The van der Waals surface area contributed by atoms with Crippen molar-refractivity contribution in [1.29, 1.82) is 0 Å². The summed E-state index contributed by atoms with van der Waals surface area (Å²) < 4.78 is 1.89. The average molecular weight is 165 g/mol. The van der Waals surface area contributed by atoms with Crippen LogP contribution < -0.4 is 4.57 Å². The third-order valence-electron chi connectivity index (χ3n) is 1.67. The molecule has 0 unspecified atom stereocenters. The summed E-state index contributed by atoms with van der Waals surface area (Å²) in [5, 5.41) is 0. The molecule has 0 atom stereocenters. The number of Topliss-reactive ketones (excluding diaryl/α,β-unsaturated/α-hetero) is 1. The number of ketones is 1. The van der Waals surface area contributed by atoms with Crippen LogP contribution in [-0.4, -0.2) is 10.8 Å². The third-order valence-corrected chi connectivity index (χ3v) is 1.67. The fourth-order valence-electron chi connectivity index (χ4n) is 0.964. The molecule has 0 saturated heterocycles. The van der Waals surface area contributed by atoms with E-state index >= 15 is 0 Å². The Morgan fingerprint density at radius 2 is 2.42 bits per heavy atom. The van der Waals surface area contributed by atoms with Gasteiger partial charge >= 0.3 is 0 Å². The van der Waals surface area contributed by atoms with Gasteiger partial charge in [-0.15, -0.1) is 0 Å². The molecule has 0 spiro atoms. The van der Waals surface area contributed by atoms with Gasteiger partial charge in [-0.25, -0.2) is 9.55 Å². The lowest BCUT2D eigenvalue weighted by Gasteiger charge is -1.94. The molecule has 64 valence electrons. The van der Waals surface area contributed by atoms with Gasteiger partial charge in [0, 0.05) is 6.42 Å². The predicted octanol–water partition coefficient (Wildman–Crippen LogP) is 0.428. The lowest BCUT2D eigenvalue weighted by atomic mass is 10.2. The van der Waals surface area contributed by atoms with Crippen molar-refractivity contribution < 1.29 is 9.36 Å². The van der Waals surface area contributed by atoms with Crippen LogP contribution in [0.2, 0.25) is 0 Å². The number of hydrogen-bond donors (Lipinski definition) is 0. The number of carbonyl (C=O) groups is 1. The van der Waals surface area contributed by atoms with Crippen molar-refractivity contribution in [1.82, 2.24) is 4.98 Å². The minimum atomic E-state index is 0.230. The normalized spacial score (nSPS) is 9.83. The fraction of sp³-hybridized carbons (Fsp3) is 0.444. The second-order valence-electron chi connectivity index (χ2n) is 2.78. The van der Waals surface area contributed by atoms with Gasteiger partial charge in [0.25, 0.3) is 0 Å². The van der Waals surface area contributed by atoms with Crippen LogP contribution in [0.3, 0.4) is 0 Å². The van der Waals surface area contributed by atoms with Gasteiger partial charge in [0.1, 0.15) is 18.5 Å². The summed E-state index contributed by atoms with van der Waals surface area (Å²) in [6, 6.07) is 0. The topological polar surface area (TPSA) is 33.8 Å². The summed E-state index contributed by atoms with van der Waals surface area (Å²) in [4.78, 5) is 15.1. The summed E-state index contributed by atoms with van der Waals surface area (Å²) in [7, 11) is 1.92. The molecule has 3 nitrogen and oxygen atoms in total. The second-order valence-corrected chi connectivity index (χ2v) is 2.78. The van der Waals surface area contributed by atoms with E-state index < -0.39 is 0 Å². The molecular formula is C9H13N2O+. The summed E-state index contributed by atoms with van der Waals surface area (Å²) >= 11 is 0. The van der Waals surface area contributed by atoms with Crippen molar-refractivity contribution in [3.8, 4) is 0 Å². The summed E-state index contributed by atoms with van der Waals surface area (Å²) in [5.41, 5.74) is 0.840. The van der Waals surface area contributed by atoms with Gasteiger partial charge in [-0.2, -0.15) is 0 Å². The van der Waals surface area contributed by atoms with Crippen LogP contribution in [0, 0.1) is 0 Å². The molecule has 0 saturated carbocycles. The molecular weight excluding hydrogens is 152 g/mol. The number of nitrogens with zero attached hydrogens (tertiary/aromatic N) is 2. The Balaban J connectivity index is 2.69. The minimum Gasteiger partial charge on any atom is -0.299 e. The summed E-state index contributed by atoms with van der Waals surface area (Å²) in [6.07, 6.45) is 6.46. The molecule has 1 rings (SSSR count). The van der Waals surface area contributed by atoms with Crippen molar-refractivity contribution in [2.24, 2.45) is 7.05 Å². The van der Waals surface area contributed by atoms with E-state index in [0.29, 0.717) is 12.8 Å². The first-order chi connectivity index (χ1) is 5.72. The van der Waals surface area contributed by atoms with Crippen molar-refractivity contribution in [2.45, 2.75) is 19.8 Å². The highest BCUT2D eigenvalue weighted by molar-refractivity contribution is 5.79. The van der Waals surface area contributed by atoms with Crippen molar-refractivity contribution in [3.05, 3.63) is 24.3 Å². The van der Waals surface area contributed by atoms with Gasteiger partial charge in [-0.1, -0.05) is 6.92 Å². The Morgan fingerprint density at radius 3 is 3.00 bits per heavy atom. The van der Waals surface area contributed by atoms with Gasteiger partial charge in [0.2, 0.25) is 0 Å². The van der Waals surface area contributed by atoms with E-state index in [-0.39, 0.29) is 5.78 Å². The Bertz CT molecular complexity index is 284. The molecule has 1 aromatic rings. The van der Waals surface area contributed by atoms with E-state index in [1.54, 1.807) is 6.20 Å². The van der Waals surface area contributed by atoms with E-state index in [1.807, 2.05) is 30.9 Å². The van der Waals surface area contributed by atoms with Gasteiger partial charge in [-0.3, -0.25) is 4.79 Å². The average Bonchev–Trinajstić information content (AvgIpc) is 2.04. The standard InChI is InChI=1S/C9H13N2O/c1-3-9(12)6-8-7-11(2)5-4-10-8/h4-5,7H,3,6H2,1-2H3/q+1. The Kier molecular flexibility index (Phi) is 2.91. The number of aryl methyl sites for hydroxylation is 1. The predicted molar refractivity (Wildman–Crippen MR) is 44.4 cm³/mol. The minimum absolute atomic E-state index is 0.230. The first-order valence-electron chi connectivity index (χ1n) is 4.04. The molecule has 0 N–H and O–H groups in total. The van der Waals surface area contributed by atoms with E-state index in [4.69, 9.17) is 0 Å². The Hall–Kier alpha value is -1.25. The molecule has 0 aliphatic carbocycles. The molecule has 3 heteroatoms. The SMILES string of the molecule is CCC(=O)Cc1c[n+](C)ccn1. The van der Waals surface area contributed by atoms with Gasteiger partial charge in [-0.05, 0) is 0 Å². The highest BCUT2D eigenvalue weighted by Crippen LogP contribution is 1.93. The van der Waals surface area contributed by atoms with Crippen LogP contribution in [0.25, 0.3) is 0 Å². The zero-order valence-electron chi connectivity index (χ0n) is 7.45. The number of hydrogen-bond acceptors (Lipinski definition) is 2. The molecule has 0 amide bonds. The van der Waals surface area contributed by atoms with Crippen LogP contribution >= 0.6 is 0 Å². The second kappa shape index (κ2) is 3.95. The molecule has 0 radical (unpaired) electrons. The first-order valence-corrected chi connectivity index (χ1v) is 4.04. The maximum absolute atomic E-state index is 11.0. The van der Waals surface area contributed by atoms with Crippen LogP contribution in [-0.2, 0) is 18.3 Å². The smallest absolute Gasteiger partial charge is 0.190 e. The fourth-order valence-corrected chi connectivity index (χ4v) is 0.964. The summed E-state index contributed by atoms with van der Waals surface area (Å²) in [5.74, 6) is 0.230. The van der Waals surface area contributed by atoms with Gasteiger partial charge in [0.15, 0.2) is 12.4 Å². The molecule has 0 aliphatic rings. The monoisotopic (exact) mass is 165 g/mol. The molecule has 0 fully saturated rings. The quantitative estimate of drug-likeness (QED) is 0.608. The van der Waals surface area contributed by atoms with Crippen molar-refractivity contribution in [3.63, 3.8) is 0 Å². The first kappa shape index (κ1) is 8.84. The third kappa shape index (κ3) is 2.42. The lowest BCUT2D eigenvalue weighted by molar-refractivity contribution is -0.672. The molecule has 1 heterocycles. The Morgan fingerprint density at radius 1 is 1.67 bits per heavy atom. The number of carbonyl (C=O) groups excluding carboxylic acids is 1. The van der Waals surface area contributed by atoms with E-state index in [2.05, 4.69) is 4.98 Å². The van der Waals surface area contributed by atoms with Crippen LogP contribution in [0.4, 0.5) is 0 Å². The van der Waals surface area contributed by atoms with Crippen molar-refractivity contribution >= 4 is 5.78 Å². The maximum atomic E-state index is 11.0. The van der Waals surface area contributed by atoms with E-state index in [1.165, 1.54) is 0 Å². The number of rotatable bonds is 3.